The molecule has 218 valence electrons. The summed E-state index contributed by atoms with van der Waals surface area (Å²) in [5.41, 5.74) is 2.44. The maximum absolute atomic E-state index is 15.9. The van der Waals surface area contributed by atoms with Gasteiger partial charge in [0.2, 0.25) is 0 Å². The number of benzene rings is 2. The van der Waals surface area contributed by atoms with Crippen LogP contribution in [0.4, 0.5) is 10.1 Å². The number of fused-ring (bicyclic) bond motifs is 3. The van der Waals surface area contributed by atoms with Crippen molar-refractivity contribution in [3.63, 3.8) is 0 Å². The number of aromatic carboxylic acids is 1. The van der Waals surface area contributed by atoms with Crippen LogP contribution in [-0.2, 0) is 0 Å². The van der Waals surface area contributed by atoms with Gasteiger partial charge in [-0.25, -0.2) is 14.2 Å². The molecule has 0 radical (unpaired) electrons. The molecule has 2 N–H and O–H groups in total. The molecule has 5 atom stereocenters. The molecule has 1 fully saturated rings. The largest absolute Gasteiger partial charge is 0.494 e. The Morgan fingerprint density at radius 2 is 2.02 bits per heavy atom. The van der Waals surface area contributed by atoms with Crippen molar-refractivity contribution in [3.8, 4) is 5.75 Å². The molecule has 9 heteroatoms. The van der Waals surface area contributed by atoms with Gasteiger partial charge < -0.3 is 15.2 Å². The number of nitrogens with zero attached hydrogens (tertiary/aromatic N) is 1. The third kappa shape index (κ3) is 6.17. The first-order valence-electron chi connectivity index (χ1n) is 13.4. The van der Waals surface area contributed by atoms with E-state index in [1.54, 1.807) is 6.07 Å². The highest BCUT2D eigenvalue weighted by Crippen LogP contribution is 2.58. The zero-order valence-corrected chi connectivity index (χ0v) is 26.6. The van der Waals surface area contributed by atoms with Crippen molar-refractivity contribution < 1.29 is 19.0 Å². The van der Waals surface area contributed by atoms with Crippen molar-refractivity contribution in [2.24, 2.45) is 15.8 Å². The van der Waals surface area contributed by atoms with Gasteiger partial charge in [0.25, 0.3) is 0 Å². The van der Waals surface area contributed by atoms with Gasteiger partial charge >= 0.3 is 5.97 Å². The highest BCUT2D eigenvalue weighted by atomic mass is 35.5. The summed E-state index contributed by atoms with van der Waals surface area (Å²) in [6.45, 7) is 14.1. The first-order chi connectivity index (χ1) is 19.2. The molecule has 0 saturated carbocycles. The molecule has 4 rings (SSSR count). The van der Waals surface area contributed by atoms with Crippen LogP contribution in [0, 0.1) is 10.8 Å². The van der Waals surface area contributed by atoms with E-state index in [-0.39, 0.29) is 48.4 Å². The number of hydrogen-bond acceptors (Lipinski definition) is 4. The molecule has 0 bridgehead atoms. The third-order valence-electron chi connectivity index (χ3n) is 8.12. The number of carboxylic acid groups (broad SMARTS) is 1. The molecule has 1 unspecified atom stereocenters. The van der Waals surface area contributed by atoms with Gasteiger partial charge in [0.05, 0.1) is 24.2 Å². The molecule has 0 spiro atoms. The Morgan fingerprint density at radius 1 is 1.32 bits per heavy atom. The lowest BCUT2D eigenvalue weighted by atomic mass is 9.63. The molecule has 0 amide bonds. The summed E-state index contributed by atoms with van der Waals surface area (Å²) in [6.07, 6.45) is 3.52. The maximum Gasteiger partial charge on any atom is 0.335 e. The predicted molar refractivity (Wildman–Crippen MR) is 170 cm³/mol. The number of carboxylic acids is 1. The SMILES string of the molecule is C=C/C(Cl)=C\C(F)=C(/C)[C@@]1(C)[C@H](CC(C)(C)C)N[C@H]2C(=Nc3ccc(C(=O)O)cc3OC)Pc3c(Cl)cccc3[C@@H]21. The number of hydrogen-bond donors (Lipinski definition) is 2. The number of halogens is 3. The Morgan fingerprint density at radius 3 is 2.63 bits per heavy atom. The Balaban J connectivity index is 1.98. The second-order valence-corrected chi connectivity index (χ2v) is 14.1. The number of ether oxygens (including phenoxy) is 1. The fraction of sp³-hybridized carbons (Fsp3) is 0.375. The summed E-state index contributed by atoms with van der Waals surface area (Å²) in [7, 11) is 1.65. The Labute approximate surface area is 253 Å². The van der Waals surface area contributed by atoms with E-state index in [4.69, 9.17) is 32.9 Å². The van der Waals surface area contributed by atoms with Gasteiger partial charge in [-0.15, -0.1) is 0 Å². The normalized spacial score (nSPS) is 26.4. The second kappa shape index (κ2) is 12.0. The quantitative estimate of drug-likeness (QED) is 0.242. The second-order valence-electron chi connectivity index (χ2n) is 11.9. The van der Waals surface area contributed by atoms with E-state index in [0.29, 0.717) is 22.0 Å². The van der Waals surface area contributed by atoms with E-state index in [0.717, 1.165) is 22.7 Å². The van der Waals surface area contributed by atoms with Crippen LogP contribution in [0.1, 0.15) is 62.9 Å². The first kappa shape index (κ1) is 31.4. The standard InChI is InChI=1S/C32H36Cl2FN2O3P/c1-8-19(33)15-22(35)17(2)32(6)25(16-31(3,4)5)37-27-26(32)20-10-9-11-21(34)28(20)41-29(27)36-23-13-12-18(30(38)39)14-24(23)40-7/h8-15,25-27,37,41H,1,16H2,2-7H3,(H,38,39)/b19-15+,22-17-,36-29?/t25-,26-,27+,32-/m0/s1. The average Bonchev–Trinajstić information content (AvgIpc) is 3.20. The lowest BCUT2D eigenvalue weighted by molar-refractivity contribution is 0.0696. The van der Waals surface area contributed by atoms with Crippen molar-refractivity contribution in [1.29, 1.82) is 0 Å². The molecular formula is C32H36Cl2FN2O3P. The topological polar surface area (TPSA) is 70.9 Å². The van der Waals surface area contributed by atoms with Gasteiger partial charge in [0.15, 0.2) is 0 Å². The van der Waals surface area contributed by atoms with Crippen LogP contribution in [0.3, 0.4) is 0 Å². The molecule has 2 aliphatic rings. The lowest BCUT2D eigenvalue weighted by Crippen LogP contribution is -2.41. The van der Waals surface area contributed by atoms with E-state index < -0.39 is 11.4 Å². The maximum atomic E-state index is 15.9. The Hall–Kier alpha value is -2.50. The van der Waals surface area contributed by atoms with E-state index in [1.807, 2.05) is 19.1 Å². The van der Waals surface area contributed by atoms with Crippen LogP contribution in [0.25, 0.3) is 0 Å². The van der Waals surface area contributed by atoms with E-state index in [2.05, 4.69) is 45.7 Å². The van der Waals surface area contributed by atoms with Crippen LogP contribution in [0.15, 0.2) is 76.6 Å². The molecule has 5 nitrogen and oxygen atoms in total. The molecule has 1 saturated heterocycles. The van der Waals surface area contributed by atoms with Gasteiger partial charge in [-0.05, 0) is 68.8 Å². The first-order valence-corrected chi connectivity index (χ1v) is 15.1. The lowest BCUT2D eigenvalue weighted by Gasteiger charge is -2.42. The Kier molecular flexibility index (Phi) is 9.21. The third-order valence-corrected chi connectivity index (χ3v) is 10.3. The van der Waals surface area contributed by atoms with Crippen molar-refractivity contribution in [3.05, 3.63) is 87.7 Å². The summed E-state index contributed by atoms with van der Waals surface area (Å²) < 4.78 is 21.5. The number of methoxy groups -OCH3 is 1. The summed E-state index contributed by atoms with van der Waals surface area (Å²) in [5.74, 6) is -1.26. The average molecular weight is 618 g/mol. The number of allylic oxidation sites excluding steroid dienone is 4. The highest BCUT2D eigenvalue weighted by molar-refractivity contribution is 7.66. The summed E-state index contributed by atoms with van der Waals surface area (Å²) >= 11 is 13.0. The van der Waals surface area contributed by atoms with Crippen LogP contribution < -0.4 is 15.4 Å². The molecule has 41 heavy (non-hydrogen) atoms. The van der Waals surface area contributed by atoms with Gasteiger partial charge in [0.1, 0.15) is 17.3 Å². The summed E-state index contributed by atoms with van der Waals surface area (Å²) in [4.78, 5) is 16.6. The molecule has 0 aromatic heterocycles. The van der Waals surface area contributed by atoms with Crippen molar-refractivity contribution >= 4 is 54.2 Å². The smallest absolute Gasteiger partial charge is 0.335 e. The summed E-state index contributed by atoms with van der Waals surface area (Å²) in [6, 6.07) is 10.2. The molecule has 2 aromatic carbocycles. The Bertz CT molecular complexity index is 1480. The molecular weight excluding hydrogens is 581 g/mol. The van der Waals surface area contributed by atoms with E-state index >= 15 is 4.39 Å². The van der Waals surface area contributed by atoms with Gasteiger partial charge in [0, 0.05) is 32.7 Å². The molecule has 2 aliphatic heterocycles. The predicted octanol–water partition coefficient (Wildman–Crippen LogP) is 8.51. The van der Waals surface area contributed by atoms with Crippen LogP contribution in [-0.4, -0.2) is 35.7 Å². The number of carbonyl (C=O) groups is 1. The number of rotatable bonds is 7. The van der Waals surface area contributed by atoms with Crippen LogP contribution in [0.2, 0.25) is 5.02 Å². The minimum Gasteiger partial charge on any atom is -0.494 e. The van der Waals surface area contributed by atoms with Gasteiger partial charge in [-0.1, -0.05) is 75.7 Å². The number of nitrogens with one attached hydrogen (secondary N) is 1. The molecule has 0 aliphatic carbocycles. The number of aliphatic imine (C=N–C) groups is 1. The van der Waals surface area contributed by atoms with Crippen molar-refractivity contribution in [2.75, 3.05) is 7.11 Å². The van der Waals surface area contributed by atoms with Crippen LogP contribution in [0.5, 0.6) is 5.75 Å². The van der Waals surface area contributed by atoms with Crippen molar-refractivity contribution in [1.82, 2.24) is 5.32 Å². The van der Waals surface area contributed by atoms with Crippen molar-refractivity contribution in [2.45, 2.75) is 59.0 Å². The van der Waals surface area contributed by atoms with E-state index in [1.165, 1.54) is 31.4 Å². The highest BCUT2D eigenvalue weighted by Gasteiger charge is 2.58. The van der Waals surface area contributed by atoms with Gasteiger partial charge in [-0.3, -0.25) is 0 Å². The molecule has 2 aromatic rings. The molecule has 2 heterocycles. The fourth-order valence-electron chi connectivity index (χ4n) is 5.98. The van der Waals surface area contributed by atoms with Crippen LogP contribution >= 0.6 is 31.8 Å². The fourth-order valence-corrected chi connectivity index (χ4v) is 7.82. The minimum absolute atomic E-state index is 0.0512. The van der Waals surface area contributed by atoms with E-state index in [9.17, 15) is 9.90 Å². The van der Waals surface area contributed by atoms with Gasteiger partial charge in [-0.2, -0.15) is 0 Å². The minimum atomic E-state index is -1.05. The zero-order chi connectivity index (χ0) is 30.3. The summed E-state index contributed by atoms with van der Waals surface area (Å²) in [5, 5.41) is 15.2. The monoisotopic (exact) mass is 616 g/mol. The zero-order valence-electron chi connectivity index (χ0n) is 24.1.